The van der Waals surface area contributed by atoms with Crippen molar-refractivity contribution in [3.63, 3.8) is 0 Å². The molecule has 5 heteroatoms. The van der Waals surface area contributed by atoms with Gasteiger partial charge in [0.25, 0.3) is 0 Å². The first kappa shape index (κ1) is 13.3. The van der Waals surface area contributed by atoms with Gasteiger partial charge in [-0.3, -0.25) is 0 Å². The molecule has 2 aromatic rings. The number of ether oxygens (including phenoxy) is 1. The van der Waals surface area contributed by atoms with Gasteiger partial charge in [-0.25, -0.2) is 9.37 Å². The number of para-hydroxylation sites is 1. The third kappa shape index (κ3) is 3.68. The predicted octanol–water partition coefficient (Wildman–Crippen LogP) is 4.03. The fraction of sp³-hybridized carbons (Fsp3) is 0.308. The average molecular weight is 286 g/mol. The summed E-state index contributed by atoms with van der Waals surface area (Å²) >= 11 is 7.28. The van der Waals surface area contributed by atoms with Gasteiger partial charge in [-0.1, -0.05) is 12.1 Å². The molecule has 18 heavy (non-hydrogen) atoms. The normalized spacial score (nSPS) is 10.6. The topological polar surface area (TPSA) is 22.1 Å². The van der Waals surface area contributed by atoms with Gasteiger partial charge in [-0.05, 0) is 18.6 Å². The van der Waals surface area contributed by atoms with E-state index in [0.717, 1.165) is 23.5 Å². The fourth-order valence-corrected chi connectivity index (χ4v) is 2.56. The maximum Gasteiger partial charge on any atom is 0.165 e. The number of aryl methyl sites for hydroxylation is 1. The minimum atomic E-state index is -0.323. The van der Waals surface area contributed by atoms with E-state index in [9.17, 15) is 4.39 Å². The van der Waals surface area contributed by atoms with Crippen molar-refractivity contribution in [3.05, 3.63) is 46.2 Å². The molecular formula is C13H13ClFNOS. The van der Waals surface area contributed by atoms with Crippen LogP contribution in [0.25, 0.3) is 0 Å². The van der Waals surface area contributed by atoms with Crippen LogP contribution >= 0.6 is 22.9 Å². The standard InChI is InChI=1S/C13H13ClFNOS/c14-8-10-9-18-13(16-10)6-3-7-17-12-5-2-1-4-11(12)15/h1-2,4-5,9H,3,6-8H2. The summed E-state index contributed by atoms with van der Waals surface area (Å²) < 4.78 is 18.6. The Morgan fingerprint density at radius 1 is 1.33 bits per heavy atom. The zero-order valence-corrected chi connectivity index (χ0v) is 11.3. The maximum atomic E-state index is 13.2. The molecule has 1 aromatic carbocycles. The van der Waals surface area contributed by atoms with Gasteiger partial charge in [0.15, 0.2) is 11.6 Å². The van der Waals surface area contributed by atoms with Crippen LogP contribution in [0.5, 0.6) is 5.75 Å². The molecule has 0 aliphatic heterocycles. The molecule has 2 rings (SSSR count). The predicted molar refractivity (Wildman–Crippen MR) is 71.9 cm³/mol. The number of aromatic nitrogens is 1. The molecule has 0 atom stereocenters. The van der Waals surface area contributed by atoms with Crippen LogP contribution in [0.3, 0.4) is 0 Å². The van der Waals surface area contributed by atoms with Crippen molar-refractivity contribution in [2.75, 3.05) is 6.61 Å². The molecule has 0 saturated carbocycles. The summed E-state index contributed by atoms with van der Waals surface area (Å²) in [5.41, 5.74) is 0.909. The third-order valence-electron chi connectivity index (χ3n) is 2.37. The van der Waals surface area contributed by atoms with Gasteiger partial charge in [0.05, 0.1) is 23.2 Å². The summed E-state index contributed by atoms with van der Waals surface area (Å²) in [5.74, 6) is 0.427. The lowest BCUT2D eigenvalue weighted by atomic mass is 10.3. The lowest BCUT2D eigenvalue weighted by molar-refractivity contribution is 0.295. The van der Waals surface area contributed by atoms with Crippen molar-refractivity contribution in [2.45, 2.75) is 18.7 Å². The van der Waals surface area contributed by atoms with Crippen molar-refractivity contribution in [1.82, 2.24) is 4.98 Å². The van der Waals surface area contributed by atoms with E-state index in [0.29, 0.717) is 18.2 Å². The Labute approximate surface area is 114 Å². The molecule has 0 bridgehead atoms. The van der Waals surface area contributed by atoms with Gasteiger partial charge in [0.2, 0.25) is 0 Å². The van der Waals surface area contributed by atoms with E-state index in [1.54, 1.807) is 29.5 Å². The maximum absolute atomic E-state index is 13.2. The second kappa shape index (κ2) is 6.71. The van der Waals surface area contributed by atoms with E-state index in [2.05, 4.69) is 4.98 Å². The molecule has 0 unspecified atom stereocenters. The van der Waals surface area contributed by atoms with E-state index in [1.807, 2.05) is 5.38 Å². The molecule has 0 saturated heterocycles. The van der Waals surface area contributed by atoms with Gasteiger partial charge < -0.3 is 4.74 Å². The summed E-state index contributed by atoms with van der Waals surface area (Å²) in [6, 6.07) is 6.42. The lowest BCUT2D eigenvalue weighted by Gasteiger charge is -2.05. The van der Waals surface area contributed by atoms with Crippen molar-refractivity contribution < 1.29 is 9.13 Å². The van der Waals surface area contributed by atoms with E-state index >= 15 is 0 Å². The van der Waals surface area contributed by atoms with Gasteiger partial charge in [0, 0.05) is 11.8 Å². The van der Waals surface area contributed by atoms with Crippen LogP contribution in [-0.4, -0.2) is 11.6 Å². The monoisotopic (exact) mass is 285 g/mol. The van der Waals surface area contributed by atoms with E-state index in [1.165, 1.54) is 6.07 Å². The Kier molecular flexibility index (Phi) is 4.96. The number of hydrogen-bond donors (Lipinski definition) is 0. The molecule has 2 nitrogen and oxygen atoms in total. The van der Waals surface area contributed by atoms with Crippen molar-refractivity contribution in [1.29, 1.82) is 0 Å². The van der Waals surface area contributed by atoms with Crippen LogP contribution in [0.15, 0.2) is 29.6 Å². The third-order valence-corrected chi connectivity index (χ3v) is 3.60. The van der Waals surface area contributed by atoms with Gasteiger partial charge >= 0.3 is 0 Å². The minimum Gasteiger partial charge on any atom is -0.491 e. The summed E-state index contributed by atoms with van der Waals surface area (Å²) in [6.07, 6.45) is 1.64. The van der Waals surface area contributed by atoms with Crippen LogP contribution in [0, 0.1) is 5.82 Å². The molecule has 1 aromatic heterocycles. The van der Waals surface area contributed by atoms with Crippen LogP contribution in [0.4, 0.5) is 4.39 Å². The van der Waals surface area contributed by atoms with Gasteiger partial charge in [-0.2, -0.15) is 0 Å². The largest absolute Gasteiger partial charge is 0.491 e. The Hall–Kier alpha value is -1.13. The molecule has 0 amide bonds. The smallest absolute Gasteiger partial charge is 0.165 e. The van der Waals surface area contributed by atoms with Crippen molar-refractivity contribution >= 4 is 22.9 Å². The first-order valence-electron chi connectivity index (χ1n) is 5.66. The molecule has 0 aliphatic carbocycles. The fourth-order valence-electron chi connectivity index (χ4n) is 1.49. The molecule has 0 radical (unpaired) electrons. The van der Waals surface area contributed by atoms with E-state index < -0.39 is 0 Å². The molecular weight excluding hydrogens is 273 g/mol. The number of thiazole rings is 1. The first-order chi connectivity index (χ1) is 8.79. The molecule has 0 aliphatic rings. The van der Waals surface area contributed by atoms with Crippen molar-refractivity contribution in [2.24, 2.45) is 0 Å². The van der Waals surface area contributed by atoms with E-state index in [-0.39, 0.29) is 5.82 Å². The molecule has 0 fully saturated rings. The number of nitrogens with zero attached hydrogens (tertiary/aromatic N) is 1. The molecule has 1 heterocycles. The van der Waals surface area contributed by atoms with Crippen LogP contribution in [0.1, 0.15) is 17.1 Å². The number of alkyl halides is 1. The van der Waals surface area contributed by atoms with Crippen molar-refractivity contribution in [3.8, 4) is 5.75 Å². The Balaban J connectivity index is 1.74. The lowest BCUT2D eigenvalue weighted by Crippen LogP contribution is -2.00. The summed E-state index contributed by atoms with van der Waals surface area (Å²) in [6.45, 7) is 0.483. The second-order valence-corrected chi connectivity index (χ2v) is 4.96. The second-order valence-electron chi connectivity index (χ2n) is 3.75. The van der Waals surface area contributed by atoms with Crippen LogP contribution in [0.2, 0.25) is 0 Å². The number of benzene rings is 1. The van der Waals surface area contributed by atoms with Crippen LogP contribution < -0.4 is 4.74 Å². The van der Waals surface area contributed by atoms with Gasteiger partial charge in [-0.15, -0.1) is 22.9 Å². The number of rotatable bonds is 6. The summed E-state index contributed by atoms with van der Waals surface area (Å²) in [5, 5.41) is 3.00. The first-order valence-corrected chi connectivity index (χ1v) is 7.07. The quantitative estimate of drug-likeness (QED) is 0.590. The highest BCUT2D eigenvalue weighted by molar-refractivity contribution is 7.09. The summed E-state index contributed by atoms with van der Waals surface area (Å²) in [7, 11) is 0. The minimum absolute atomic E-state index is 0.304. The Bertz CT molecular complexity index is 503. The number of hydrogen-bond acceptors (Lipinski definition) is 3. The summed E-state index contributed by atoms with van der Waals surface area (Å²) in [4.78, 5) is 4.35. The highest BCUT2D eigenvalue weighted by Crippen LogP contribution is 2.17. The highest BCUT2D eigenvalue weighted by Gasteiger charge is 2.03. The zero-order chi connectivity index (χ0) is 12.8. The molecule has 0 N–H and O–H groups in total. The molecule has 0 spiro atoms. The van der Waals surface area contributed by atoms with E-state index in [4.69, 9.17) is 16.3 Å². The Morgan fingerprint density at radius 3 is 2.89 bits per heavy atom. The SMILES string of the molecule is Fc1ccccc1OCCCc1nc(CCl)cs1. The Morgan fingerprint density at radius 2 is 2.17 bits per heavy atom. The zero-order valence-electron chi connectivity index (χ0n) is 9.73. The highest BCUT2D eigenvalue weighted by atomic mass is 35.5. The average Bonchev–Trinajstić information content (AvgIpc) is 2.84. The van der Waals surface area contributed by atoms with Gasteiger partial charge in [0.1, 0.15) is 0 Å². The number of halogens is 2. The van der Waals surface area contributed by atoms with Crippen LogP contribution in [-0.2, 0) is 12.3 Å². The molecule has 96 valence electrons.